The number of phenolic OH excluding ortho intramolecular Hbond substituents is 1. The molecule has 0 aliphatic heterocycles. The van der Waals surface area contributed by atoms with Gasteiger partial charge < -0.3 is 5.11 Å². The third-order valence-electron chi connectivity index (χ3n) is 2.10. The first kappa shape index (κ1) is 10.5. The Morgan fingerprint density at radius 2 is 1.62 bits per heavy atom. The summed E-state index contributed by atoms with van der Waals surface area (Å²) in [6, 6.07) is 7.38. The van der Waals surface area contributed by atoms with E-state index in [1.165, 1.54) is 4.90 Å². The Bertz CT molecular complexity index is 253. The van der Waals surface area contributed by atoms with E-state index in [1.54, 1.807) is 12.1 Å². The van der Waals surface area contributed by atoms with Crippen LogP contribution in [0.15, 0.2) is 29.2 Å². The molecule has 1 rings (SSSR count). The summed E-state index contributed by atoms with van der Waals surface area (Å²) >= 11 is 1.85. The maximum Gasteiger partial charge on any atom is 0.115 e. The SMILES string of the molecule is CC(C)C(C)Sc1ccc(O)cc1. The van der Waals surface area contributed by atoms with Crippen molar-refractivity contribution in [2.24, 2.45) is 5.92 Å². The molecule has 1 aromatic rings. The maximum atomic E-state index is 9.09. The van der Waals surface area contributed by atoms with Crippen molar-refractivity contribution in [1.29, 1.82) is 0 Å². The van der Waals surface area contributed by atoms with Crippen LogP contribution in [-0.4, -0.2) is 10.4 Å². The van der Waals surface area contributed by atoms with Crippen molar-refractivity contribution in [1.82, 2.24) is 0 Å². The molecule has 0 radical (unpaired) electrons. The van der Waals surface area contributed by atoms with Crippen LogP contribution in [0.25, 0.3) is 0 Å². The van der Waals surface area contributed by atoms with Crippen molar-refractivity contribution in [2.45, 2.75) is 30.9 Å². The van der Waals surface area contributed by atoms with Gasteiger partial charge >= 0.3 is 0 Å². The molecule has 1 unspecified atom stereocenters. The summed E-state index contributed by atoms with van der Waals surface area (Å²) in [6.07, 6.45) is 0. The summed E-state index contributed by atoms with van der Waals surface area (Å²) in [6.45, 7) is 6.67. The maximum absolute atomic E-state index is 9.09. The Morgan fingerprint density at radius 1 is 1.08 bits per heavy atom. The Hall–Kier alpha value is -0.630. The minimum atomic E-state index is 0.335. The lowest BCUT2D eigenvalue weighted by Crippen LogP contribution is -2.04. The zero-order valence-corrected chi connectivity index (χ0v) is 9.14. The molecule has 0 saturated carbocycles. The van der Waals surface area contributed by atoms with Crippen LogP contribution in [0.1, 0.15) is 20.8 Å². The standard InChI is InChI=1S/C11H16OS/c1-8(2)9(3)13-11-6-4-10(12)5-7-11/h4-9,12H,1-3H3. The monoisotopic (exact) mass is 196 g/mol. The number of phenols is 1. The molecule has 0 aromatic heterocycles. The number of hydrogen-bond donors (Lipinski definition) is 1. The number of thioether (sulfide) groups is 1. The van der Waals surface area contributed by atoms with Crippen LogP contribution in [0.3, 0.4) is 0 Å². The molecule has 0 fully saturated rings. The van der Waals surface area contributed by atoms with Gasteiger partial charge in [-0.1, -0.05) is 20.8 Å². The molecule has 0 bridgehead atoms. The second-order valence-electron chi connectivity index (χ2n) is 3.56. The smallest absolute Gasteiger partial charge is 0.115 e. The molecule has 1 N–H and O–H groups in total. The van der Waals surface area contributed by atoms with Gasteiger partial charge in [0.15, 0.2) is 0 Å². The van der Waals surface area contributed by atoms with Crippen molar-refractivity contribution in [3.8, 4) is 5.75 Å². The van der Waals surface area contributed by atoms with Gasteiger partial charge in [-0.05, 0) is 30.2 Å². The lowest BCUT2D eigenvalue weighted by Gasteiger charge is -2.14. The molecule has 0 aliphatic rings. The number of hydrogen-bond acceptors (Lipinski definition) is 2. The topological polar surface area (TPSA) is 20.2 Å². The molecule has 1 nitrogen and oxygen atoms in total. The first-order valence-corrected chi connectivity index (χ1v) is 5.43. The van der Waals surface area contributed by atoms with Crippen molar-refractivity contribution in [3.63, 3.8) is 0 Å². The Morgan fingerprint density at radius 3 is 2.08 bits per heavy atom. The zero-order valence-electron chi connectivity index (χ0n) is 8.32. The summed E-state index contributed by atoms with van der Waals surface area (Å²) in [4.78, 5) is 1.22. The molecule has 72 valence electrons. The molecular weight excluding hydrogens is 180 g/mol. The van der Waals surface area contributed by atoms with E-state index in [0.29, 0.717) is 16.9 Å². The molecule has 1 atom stereocenters. The van der Waals surface area contributed by atoms with Gasteiger partial charge in [0.2, 0.25) is 0 Å². The highest BCUT2D eigenvalue weighted by molar-refractivity contribution is 8.00. The van der Waals surface area contributed by atoms with E-state index in [1.807, 2.05) is 23.9 Å². The highest BCUT2D eigenvalue weighted by Gasteiger charge is 2.08. The fraction of sp³-hybridized carbons (Fsp3) is 0.455. The van der Waals surface area contributed by atoms with Crippen LogP contribution >= 0.6 is 11.8 Å². The Kier molecular flexibility index (Phi) is 3.67. The average molecular weight is 196 g/mol. The van der Waals surface area contributed by atoms with Crippen molar-refractivity contribution >= 4 is 11.8 Å². The number of aromatic hydroxyl groups is 1. The first-order valence-electron chi connectivity index (χ1n) is 4.55. The van der Waals surface area contributed by atoms with Gasteiger partial charge in [0, 0.05) is 10.1 Å². The van der Waals surface area contributed by atoms with Crippen LogP contribution in [0, 0.1) is 5.92 Å². The molecule has 0 amide bonds. The molecule has 0 spiro atoms. The van der Waals surface area contributed by atoms with Gasteiger partial charge in [0.25, 0.3) is 0 Å². The fourth-order valence-corrected chi connectivity index (χ4v) is 1.87. The third kappa shape index (κ3) is 3.31. The summed E-state index contributed by atoms with van der Waals surface area (Å²) in [5.41, 5.74) is 0. The summed E-state index contributed by atoms with van der Waals surface area (Å²) < 4.78 is 0. The second-order valence-corrected chi connectivity index (χ2v) is 5.01. The molecule has 2 heteroatoms. The molecule has 0 aliphatic carbocycles. The van der Waals surface area contributed by atoms with E-state index in [-0.39, 0.29) is 0 Å². The van der Waals surface area contributed by atoms with Crippen LogP contribution in [-0.2, 0) is 0 Å². The van der Waals surface area contributed by atoms with Crippen LogP contribution in [0.2, 0.25) is 0 Å². The van der Waals surface area contributed by atoms with E-state index in [9.17, 15) is 0 Å². The van der Waals surface area contributed by atoms with E-state index in [0.717, 1.165) is 0 Å². The van der Waals surface area contributed by atoms with Gasteiger partial charge in [-0.3, -0.25) is 0 Å². The quantitative estimate of drug-likeness (QED) is 0.746. The normalized spacial score (nSPS) is 13.2. The Labute approximate surface area is 84.2 Å². The van der Waals surface area contributed by atoms with E-state index in [4.69, 9.17) is 5.11 Å². The van der Waals surface area contributed by atoms with Gasteiger partial charge in [0.1, 0.15) is 5.75 Å². The van der Waals surface area contributed by atoms with Crippen LogP contribution in [0.5, 0.6) is 5.75 Å². The van der Waals surface area contributed by atoms with E-state index in [2.05, 4.69) is 20.8 Å². The van der Waals surface area contributed by atoms with Crippen molar-refractivity contribution in [3.05, 3.63) is 24.3 Å². The van der Waals surface area contributed by atoms with Gasteiger partial charge in [-0.15, -0.1) is 11.8 Å². The predicted molar refractivity (Wildman–Crippen MR) is 58.3 cm³/mol. The third-order valence-corrected chi connectivity index (χ3v) is 3.56. The van der Waals surface area contributed by atoms with Crippen LogP contribution < -0.4 is 0 Å². The number of benzene rings is 1. The number of rotatable bonds is 3. The molecule has 0 heterocycles. The van der Waals surface area contributed by atoms with E-state index >= 15 is 0 Å². The average Bonchev–Trinajstić information content (AvgIpc) is 2.08. The van der Waals surface area contributed by atoms with Crippen molar-refractivity contribution < 1.29 is 5.11 Å². The Balaban J connectivity index is 2.59. The lowest BCUT2D eigenvalue weighted by atomic mass is 10.2. The molecule has 1 aromatic carbocycles. The van der Waals surface area contributed by atoms with Crippen LogP contribution in [0.4, 0.5) is 0 Å². The van der Waals surface area contributed by atoms with Gasteiger partial charge in [-0.25, -0.2) is 0 Å². The van der Waals surface area contributed by atoms with Crippen molar-refractivity contribution in [2.75, 3.05) is 0 Å². The predicted octanol–water partition coefficient (Wildman–Crippen LogP) is 3.53. The summed E-state index contributed by atoms with van der Waals surface area (Å²) in [5, 5.41) is 9.71. The van der Waals surface area contributed by atoms with Gasteiger partial charge in [0.05, 0.1) is 0 Å². The highest BCUT2D eigenvalue weighted by Crippen LogP contribution is 2.28. The van der Waals surface area contributed by atoms with Gasteiger partial charge in [-0.2, -0.15) is 0 Å². The first-order chi connectivity index (χ1) is 6.09. The lowest BCUT2D eigenvalue weighted by molar-refractivity contribution is 0.475. The zero-order chi connectivity index (χ0) is 9.84. The molecular formula is C11H16OS. The van der Waals surface area contributed by atoms with E-state index < -0.39 is 0 Å². The highest BCUT2D eigenvalue weighted by atomic mass is 32.2. The summed E-state index contributed by atoms with van der Waals surface area (Å²) in [7, 11) is 0. The largest absolute Gasteiger partial charge is 0.508 e. The minimum Gasteiger partial charge on any atom is -0.508 e. The fourth-order valence-electron chi connectivity index (χ4n) is 0.875. The molecule has 0 saturated heterocycles. The minimum absolute atomic E-state index is 0.335. The molecule has 13 heavy (non-hydrogen) atoms. The summed E-state index contributed by atoms with van der Waals surface area (Å²) in [5.74, 6) is 1.01. The second kappa shape index (κ2) is 4.56.